The van der Waals surface area contributed by atoms with Gasteiger partial charge in [0.15, 0.2) is 5.79 Å². The maximum Gasteiger partial charge on any atom is 1.00 e. The first-order chi connectivity index (χ1) is 11.9. The molecule has 0 atom stereocenters. The topological polar surface area (TPSA) is 70.6 Å². The molecule has 1 amide bonds. The first kappa shape index (κ1) is 19.9. The average Bonchev–Trinajstić information content (AvgIpc) is 3.09. The number of aryl methyl sites for hydroxylation is 3. The third-order valence-electron chi connectivity index (χ3n) is 5.85. The van der Waals surface area contributed by atoms with E-state index in [0.29, 0.717) is 44.5 Å². The summed E-state index contributed by atoms with van der Waals surface area (Å²) < 4.78 is 11.5. The van der Waals surface area contributed by atoms with Crippen LogP contribution in [0.3, 0.4) is 0 Å². The fourth-order valence-electron chi connectivity index (χ4n) is 4.68. The van der Waals surface area contributed by atoms with Gasteiger partial charge in [0.05, 0.1) is 18.8 Å². The van der Waals surface area contributed by atoms with Crippen molar-refractivity contribution in [1.29, 1.82) is 0 Å². The third-order valence-corrected chi connectivity index (χ3v) is 5.85. The molecule has 1 aromatic rings. The van der Waals surface area contributed by atoms with E-state index in [9.17, 15) is 9.90 Å². The molecule has 1 saturated carbocycles. The molecule has 0 radical (unpaired) electrons. The molecule has 0 aromatic heterocycles. The van der Waals surface area contributed by atoms with Crippen LogP contribution in [0, 0.1) is 20.8 Å². The Morgan fingerprint density at radius 2 is 1.54 bits per heavy atom. The van der Waals surface area contributed by atoms with Gasteiger partial charge in [0.1, 0.15) is 0 Å². The summed E-state index contributed by atoms with van der Waals surface area (Å²) in [6.07, 6.45) is 2.40. The second kappa shape index (κ2) is 6.95. The largest absolute Gasteiger partial charge is 1.00 e. The third kappa shape index (κ3) is 3.04. The summed E-state index contributed by atoms with van der Waals surface area (Å²) in [6, 6.07) is 4.05. The number of amides is 1. The second-order valence-electron chi connectivity index (χ2n) is 7.62. The van der Waals surface area contributed by atoms with Gasteiger partial charge in [-0.15, -0.1) is 0 Å². The molecule has 134 valence electrons. The summed E-state index contributed by atoms with van der Waals surface area (Å²) in [5.74, 6) is -0.862. The van der Waals surface area contributed by atoms with Crippen LogP contribution >= 0.6 is 0 Å². The minimum absolute atomic E-state index is 0. The minimum Gasteiger partial charge on any atom is -0.873 e. The number of hydrogen-bond donors (Lipinski definition) is 1. The average molecular weight is 365 g/mol. The van der Waals surface area contributed by atoms with Crippen molar-refractivity contribution in [2.24, 2.45) is 0 Å². The predicted molar refractivity (Wildman–Crippen MR) is 91.5 cm³/mol. The molecule has 26 heavy (non-hydrogen) atoms. The quantitative estimate of drug-likeness (QED) is 0.640. The summed E-state index contributed by atoms with van der Waals surface area (Å²) in [5.41, 5.74) is 3.40. The molecule has 2 heterocycles. The standard InChI is InChI=1S/C20H25NO4.Na/c1-12-10-13(2)15(14(3)11-12)16-17(22)19(21-18(16)23)4-6-20(7-5-19)24-8-9-25-20;/h10-11,22H,4-9H2,1-3H3,(H,21,23);/q;+1/p-1. The molecule has 6 heteroatoms. The molecular formula is C20H24NNaO4. The summed E-state index contributed by atoms with van der Waals surface area (Å²) in [7, 11) is 0. The Balaban J connectivity index is 0.00000196. The molecule has 2 spiro atoms. The summed E-state index contributed by atoms with van der Waals surface area (Å²) in [5, 5.41) is 16.3. The van der Waals surface area contributed by atoms with Crippen molar-refractivity contribution in [2.45, 2.75) is 57.8 Å². The molecule has 0 bridgehead atoms. The first-order valence-electron chi connectivity index (χ1n) is 8.96. The van der Waals surface area contributed by atoms with Crippen LogP contribution in [0.4, 0.5) is 0 Å². The SMILES string of the molecule is Cc1cc(C)c(C2=C([O-])C3(CCC4(CC3)OCCO4)NC2=O)c(C)c1.[Na+]. The fourth-order valence-corrected chi connectivity index (χ4v) is 4.68. The molecule has 1 aromatic carbocycles. The van der Waals surface area contributed by atoms with Crippen LogP contribution in [0.1, 0.15) is 47.9 Å². The van der Waals surface area contributed by atoms with Gasteiger partial charge >= 0.3 is 29.6 Å². The molecule has 5 nitrogen and oxygen atoms in total. The van der Waals surface area contributed by atoms with Gasteiger partial charge < -0.3 is 19.9 Å². The Morgan fingerprint density at radius 1 is 1.00 bits per heavy atom. The van der Waals surface area contributed by atoms with Crippen molar-refractivity contribution in [2.75, 3.05) is 13.2 Å². The van der Waals surface area contributed by atoms with Gasteiger partial charge in [0, 0.05) is 18.4 Å². The van der Waals surface area contributed by atoms with E-state index in [4.69, 9.17) is 9.47 Å². The predicted octanol–water partition coefficient (Wildman–Crippen LogP) is -1.13. The zero-order chi connectivity index (χ0) is 17.8. The molecule has 1 saturated heterocycles. The minimum atomic E-state index is -0.795. The smallest absolute Gasteiger partial charge is 0.873 e. The van der Waals surface area contributed by atoms with E-state index in [2.05, 4.69) is 5.32 Å². The van der Waals surface area contributed by atoms with Crippen molar-refractivity contribution >= 4 is 11.5 Å². The van der Waals surface area contributed by atoms with Gasteiger partial charge in [-0.05, 0) is 50.3 Å². The normalized spacial score (nSPS) is 23.4. The number of carbonyl (C=O) groups is 1. The fraction of sp³-hybridized carbons (Fsp3) is 0.550. The van der Waals surface area contributed by atoms with E-state index < -0.39 is 11.3 Å². The van der Waals surface area contributed by atoms with Crippen LogP contribution in [0.2, 0.25) is 0 Å². The number of benzene rings is 1. The van der Waals surface area contributed by atoms with Crippen LogP contribution in [-0.2, 0) is 14.3 Å². The second-order valence-corrected chi connectivity index (χ2v) is 7.62. The Morgan fingerprint density at radius 3 is 2.08 bits per heavy atom. The van der Waals surface area contributed by atoms with Crippen molar-refractivity contribution in [3.8, 4) is 0 Å². The van der Waals surface area contributed by atoms with Gasteiger partial charge in [-0.1, -0.05) is 23.5 Å². The molecule has 0 unspecified atom stereocenters. The number of nitrogens with one attached hydrogen (secondary N) is 1. The van der Waals surface area contributed by atoms with Crippen molar-refractivity contribution in [3.05, 3.63) is 40.1 Å². The van der Waals surface area contributed by atoms with E-state index >= 15 is 0 Å². The molecule has 2 aliphatic heterocycles. The Hall–Kier alpha value is -0.850. The molecule has 1 aliphatic carbocycles. The summed E-state index contributed by atoms with van der Waals surface area (Å²) in [6.45, 7) is 7.15. The van der Waals surface area contributed by atoms with Crippen LogP contribution in [0.15, 0.2) is 17.9 Å². The Labute approximate surface area is 176 Å². The van der Waals surface area contributed by atoms with E-state index in [1.807, 2.05) is 32.9 Å². The summed E-state index contributed by atoms with van der Waals surface area (Å²) in [4.78, 5) is 12.7. The molecule has 4 rings (SSSR count). The van der Waals surface area contributed by atoms with Crippen molar-refractivity contribution < 1.29 is 48.9 Å². The van der Waals surface area contributed by atoms with Gasteiger partial charge in [-0.25, -0.2) is 0 Å². The number of ether oxygens (including phenoxy) is 2. The van der Waals surface area contributed by atoms with Crippen molar-refractivity contribution in [3.63, 3.8) is 0 Å². The zero-order valence-corrected chi connectivity index (χ0v) is 18.0. The summed E-state index contributed by atoms with van der Waals surface area (Å²) >= 11 is 0. The zero-order valence-electron chi connectivity index (χ0n) is 16.0. The van der Waals surface area contributed by atoms with Crippen LogP contribution in [0.5, 0.6) is 0 Å². The number of hydrogen-bond acceptors (Lipinski definition) is 4. The number of carbonyl (C=O) groups excluding carboxylic acids is 1. The van der Waals surface area contributed by atoms with Crippen molar-refractivity contribution in [1.82, 2.24) is 5.32 Å². The van der Waals surface area contributed by atoms with E-state index in [1.165, 1.54) is 0 Å². The number of rotatable bonds is 1. The van der Waals surface area contributed by atoms with Crippen LogP contribution < -0.4 is 40.0 Å². The van der Waals surface area contributed by atoms with Gasteiger partial charge in [-0.3, -0.25) is 4.79 Å². The first-order valence-corrected chi connectivity index (χ1v) is 8.96. The van der Waals surface area contributed by atoms with E-state index in [-0.39, 0.29) is 41.2 Å². The Kier molecular flexibility index (Phi) is 5.32. The van der Waals surface area contributed by atoms with E-state index in [0.717, 1.165) is 22.3 Å². The molecule has 3 aliphatic rings. The van der Waals surface area contributed by atoms with Gasteiger partial charge in [-0.2, -0.15) is 0 Å². The maximum atomic E-state index is 13.3. The Bertz CT molecular complexity index is 747. The van der Waals surface area contributed by atoms with Crippen LogP contribution in [-0.4, -0.2) is 30.4 Å². The maximum absolute atomic E-state index is 13.3. The molecular weight excluding hydrogens is 341 g/mol. The van der Waals surface area contributed by atoms with E-state index in [1.54, 1.807) is 0 Å². The van der Waals surface area contributed by atoms with Gasteiger partial charge in [0.2, 0.25) is 0 Å². The monoisotopic (exact) mass is 365 g/mol. The molecule has 1 N–H and O–H groups in total. The van der Waals surface area contributed by atoms with Crippen LogP contribution in [0.25, 0.3) is 5.57 Å². The molecule has 2 fully saturated rings. The van der Waals surface area contributed by atoms with Gasteiger partial charge in [0.25, 0.3) is 5.91 Å².